The number of carbonyl (C=O) groups is 1. The van der Waals surface area contributed by atoms with Crippen LogP contribution in [0.1, 0.15) is 40.0 Å². The van der Waals surface area contributed by atoms with Gasteiger partial charge in [0.15, 0.2) is 0 Å². The first kappa shape index (κ1) is 13.3. The number of aldehydes is 1. The van der Waals surface area contributed by atoms with Crippen LogP contribution in [0.3, 0.4) is 0 Å². The van der Waals surface area contributed by atoms with Crippen molar-refractivity contribution >= 4 is 6.29 Å². The molecule has 3 nitrogen and oxygen atoms in total. The maximum absolute atomic E-state index is 11.1. The first-order valence-electron chi connectivity index (χ1n) is 6.61. The molecule has 0 aromatic heterocycles. The number of nitrogens with zero attached hydrogens (tertiary/aromatic N) is 1. The summed E-state index contributed by atoms with van der Waals surface area (Å²) >= 11 is 0. The summed E-state index contributed by atoms with van der Waals surface area (Å²) in [6, 6.07) is 2.32. The topological polar surface area (TPSA) is 61.1 Å². The van der Waals surface area contributed by atoms with Crippen LogP contribution in [-0.2, 0) is 4.79 Å². The lowest BCUT2D eigenvalue weighted by atomic mass is 9.48. The minimum absolute atomic E-state index is 0.192. The lowest BCUT2D eigenvalue weighted by Crippen LogP contribution is -2.54. The maximum atomic E-state index is 11.1. The second-order valence-corrected chi connectivity index (χ2v) is 6.55. The number of carbonyl (C=O) groups excluding carboxylic acids is 1. The van der Waals surface area contributed by atoms with E-state index in [0.29, 0.717) is 12.0 Å². The standard InChI is InChI=1S/C15H21NO2/c1-14(2)12-5-4-10(9-17)11(8-16)15(12,3)7-6-13(14)18/h4,9,11-13,18H,5-7H2,1-3H3/t11-,12-,13-,15+/m0/s1. The van der Waals surface area contributed by atoms with E-state index in [2.05, 4.69) is 26.8 Å². The molecular weight excluding hydrogens is 226 g/mol. The Morgan fingerprint density at radius 3 is 2.72 bits per heavy atom. The van der Waals surface area contributed by atoms with Crippen molar-refractivity contribution in [2.75, 3.05) is 0 Å². The molecule has 0 aromatic rings. The highest BCUT2D eigenvalue weighted by Gasteiger charge is 2.55. The lowest BCUT2D eigenvalue weighted by Gasteiger charge is -2.56. The Kier molecular flexibility index (Phi) is 3.11. The minimum Gasteiger partial charge on any atom is -0.393 e. The Morgan fingerprint density at radius 1 is 1.50 bits per heavy atom. The van der Waals surface area contributed by atoms with E-state index in [0.717, 1.165) is 19.1 Å². The average Bonchev–Trinajstić information content (AvgIpc) is 2.33. The molecule has 98 valence electrons. The molecule has 1 saturated carbocycles. The fraction of sp³-hybridized carbons (Fsp3) is 0.733. The number of allylic oxidation sites excluding steroid dienone is 2. The SMILES string of the molecule is CC1(C)[C@@H](O)CC[C@]2(C)[C@@H](C#N)C(C=O)=CC[C@@H]12. The van der Waals surface area contributed by atoms with Crippen LogP contribution in [0.15, 0.2) is 11.6 Å². The van der Waals surface area contributed by atoms with Gasteiger partial charge in [0.05, 0.1) is 18.1 Å². The quantitative estimate of drug-likeness (QED) is 0.724. The highest BCUT2D eigenvalue weighted by molar-refractivity contribution is 5.75. The zero-order chi connectivity index (χ0) is 13.6. The van der Waals surface area contributed by atoms with Gasteiger partial charge in [0.1, 0.15) is 6.29 Å². The first-order chi connectivity index (χ1) is 8.37. The predicted molar refractivity (Wildman–Crippen MR) is 68.5 cm³/mol. The van der Waals surface area contributed by atoms with Gasteiger partial charge in [-0.25, -0.2) is 0 Å². The number of nitriles is 1. The molecule has 2 aliphatic rings. The van der Waals surface area contributed by atoms with E-state index >= 15 is 0 Å². The van der Waals surface area contributed by atoms with Crippen LogP contribution in [0.4, 0.5) is 0 Å². The molecule has 1 N–H and O–H groups in total. The van der Waals surface area contributed by atoms with E-state index in [1.807, 2.05) is 6.08 Å². The second-order valence-electron chi connectivity index (χ2n) is 6.55. The predicted octanol–water partition coefficient (Wildman–Crippen LogP) is 2.46. The number of fused-ring (bicyclic) bond motifs is 1. The molecule has 0 amide bonds. The van der Waals surface area contributed by atoms with Crippen LogP contribution in [0.2, 0.25) is 0 Å². The van der Waals surface area contributed by atoms with Gasteiger partial charge in [-0.15, -0.1) is 0 Å². The van der Waals surface area contributed by atoms with Crippen LogP contribution in [0, 0.1) is 34.0 Å². The summed E-state index contributed by atoms with van der Waals surface area (Å²) < 4.78 is 0. The third kappa shape index (κ3) is 1.63. The molecule has 2 aliphatic carbocycles. The molecule has 4 atom stereocenters. The fourth-order valence-electron chi connectivity index (χ4n) is 4.09. The van der Waals surface area contributed by atoms with Gasteiger partial charge in [0.25, 0.3) is 0 Å². The number of hydrogen-bond donors (Lipinski definition) is 1. The van der Waals surface area contributed by atoms with Crippen LogP contribution >= 0.6 is 0 Å². The van der Waals surface area contributed by atoms with Crippen molar-refractivity contribution in [2.24, 2.45) is 22.7 Å². The average molecular weight is 247 g/mol. The summed E-state index contributed by atoms with van der Waals surface area (Å²) in [5.74, 6) is -0.0809. The van der Waals surface area contributed by atoms with Crippen molar-refractivity contribution in [3.05, 3.63) is 11.6 Å². The van der Waals surface area contributed by atoms with Crippen molar-refractivity contribution in [2.45, 2.75) is 46.1 Å². The molecule has 0 aromatic carbocycles. The number of aliphatic hydroxyl groups excluding tert-OH is 1. The number of hydrogen-bond acceptors (Lipinski definition) is 3. The summed E-state index contributed by atoms with van der Waals surface area (Å²) in [4.78, 5) is 11.1. The van der Waals surface area contributed by atoms with Crippen molar-refractivity contribution < 1.29 is 9.90 Å². The van der Waals surface area contributed by atoms with Crippen molar-refractivity contribution in [1.29, 1.82) is 5.26 Å². The van der Waals surface area contributed by atoms with Gasteiger partial charge >= 0.3 is 0 Å². The van der Waals surface area contributed by atoms with E-state index in [9.17, 15) is 15.2 Å². The van der Waals surface area contributed by atoms with Crippen molar-refractivity contribution in [3.63, 3.8) is 0 Å². The zero-order valence-corrected chi connectivity index (χ0v) is 11.3. The minimum atomic E-state index is -0.333. The molecule has 0 unspecified atom stereocenters. The highest BCUT2D eigenvalue weighted by Crippen LogP contribution is 2.59. The van der Waals surface area contributed by atoms with Gasteiger partial charge in [-0.3, -0.25) is 4.79 Å². The monoisotopic (exact) mass is 247 g/mol. The Hall–Kier alpha value is -1.14. The molecule has 18 heavy (non-hydrogen) atoms. The lowest BCUT2D eigenvalue weighted by molar-refractivity contribution is -0.115. The highest BCUT2D eigenvalue weighted by atomic mass is 16.3. The summed E-state index contributed by atoms with van der Waals surface area (Å²) in [5, 5.41) is 19.6. The Labute approximate surface area is 108 Å². The third-order valence-electron chi connectivity index (χ3n) is 5.36. The molecule has 0 heterocycles. The van der Waals surface area contributed by atoms with Crippen LogP contribution in [0.5, 0.6) is 0 Å². The van der Waals surface area contributed by atoms with Gasteiger partial charge in [0.2, 0.25) is 0 Å². The van der Waals surface area contributed by atoms with Gasteiger partial charge in [0, 0.05) is 5.57 Å². The van der Waals surface area contributed by atoms with Gasteiger partial charge in [-0.05, 0) is 36.0 Å². The maximum Gasteiger partial charge on any atom is 0.147 e. The molecule has 1 fully saturated rings. The summed E-state index contributed by atoms with van der Waals surface area (Å²) in [5.41, 5.74) is 0.235. The molecule has 0 saturated heterocycles. The Morgan fingerprint density at radius 2 is 2.17 bits per heavy atom. The molecule has 0 radical (unpaired) electrons. The second kappa shape index (κ2) is 4.20. The fourth-order valence-corrected chi connectivity index (χ4v) is 4.09. The largest absolute Gasteiger partial charge is 0.393 e. The Bertz CT molecular complexity index is 432. The molecular formula is C15H21NO2. The summed E-state index contributed by atoms with van der Waals surface area (Å²) in [6.07, 6.45) is 4.71. The smallest absolute Gasteiger partial charge is 0.147 e. The van der Waals surface area contributed by atoms with Gasteiger partial charge in [-0.2, -0.15) is 5.26 Å². The van der Waals surface area contributed by atoms with Crippen LogP contribution in [-0.4, -0.2) is 17.5 Å². The Balaban J connectivity index is 2.48. The van der Waals surface area contributed by atoms with E-state index in [1.54, 1.807) is 0 Å². The van der Waals surface area contributed by atoms with Gasteiger partial charge in [-0.1, -0.05) is 26.8 Å². The zero-order valence-electron chi connectivity index (χ0n) is 11.3. The van der Waals surface area contributed by atoms with E-state index in [4.69, 9.17) is 0 Å². The van der Waals surface area contributed by atoms with Crippen LogP contribution in [0.25, 0.3) is 0 Å². The molecule has 2 rings (SSSR count). The molecule has 3 heteroatoms. The molecule has 0 spiro atoms. The molecule has 0 aliphatic heterocycles. The summed E-state index contributed by atoms with van der Waals surface area (Å²) in [7, 11) is 0. The number of aliphatic hydroxyl groups is 1. The first-order valence-corrected chi connectivity index (χ1v) is 6.61. The molecule has 0 bridgehead atoms. The normalized spacial score (nSPS) is 42.4. The summed E-state index contributed by atoms with van der Waals surface area (Å²) in [6.45, 7) is 6.26. The van der Waals surface area contributed by atoms with E-state index in [1.165, 1.54) is 0 Å². The van der Waals surface area contributed by atoms with Crippen molar-refractivity contribution in [1.82, 2.24) is 0 Å². The van der Waals surface area contributed by atoms with E-state index in [-0.39, 0.29) is 28.8 Å². The van der Waals surface area contributed by atoms with Crippen molar-refractivity contribution in [3.8, 4) is 6.07 Å². The third-order valence-corrected chi connectivity index (χ3v) is 5.36. The van der Waals surface area contributed by atoms with Gasteiger partial charge < -0.3 is 5.11 Å². The number of rotatable bonds is 1. The van der Waals surface area contributed by atoms with Crippen LogP contribution < -0.4 is 0 Å². The van der Waals surface area contributed by atoms with E-state index < -0.39 is 0 Å².